The van der Waals surface area contributed by atoms with Crippen LogP contribution in [-0.4, -0.2) is 31.6 Å². The summed E-state index contributed by atoms with van der Waals surface area (Å²) in [5, 5.41) is 3.03. The number of benzene rings is 1. The summed E-state index contributed by atoms with van der Waals surface area (Å²) in [6.07, 6.45) is -0.531. The van der Waals surface area contributed by atoms with Crippen molar-refractivity contribution >= 4 is 5.78 Å². The highest BCUT2D eigenvalue weighted by Gasteiger charge is 2.21. The Morgan fingerprint density at radius 3 is 2.65 bits per heavy atom. The van der Waals surface area contributed by atoms with Crippen molar-refractivity contribution in [3.05, 3.63) is 35.4 Å². The summed E-state index contributed by atoms with van der Waals surface area (Å²) in [6.45, 7) is 1.66. The molecule has 1 aromatic carbocycles. The van der Waals surface area contributed by atoms with Crippen LogP contribution in [0.4, 0.5) is 8.78 Å². The van der Waals surface area contributed by atoms with Gasteiger partial charge in [-0.15, -0.1) is 0 Å². The number of carbonyl (C=O) groups excluding carboxylic acids is 1. The number of carbonyl (C=O) groups is 1. The smallest absolute Gasteiger partial charge is 0.167 e. The lowest BCUT2D eigenvalue weighted by Crippen LogP contribution is -2.43. The number of ketones is 1. The molecule has 1 saturated heterocycles. The number of ether oxygens (including phenoxy) is 1. The van der Waals surface area contributed by atoms with Gasteiger partial charge in [-0.25, -0.2) is 8.78 Å². The zero-order chi connectivity index (χ0) is 12.3. The van der Waals surface area contributed by atoms with Crippen molar-refractivity contribution in [2.24, 2.45) is 0 Å². The molecule has 3 nitrogen and oxygen atoms in total. The van der Waals surface area contributed by atoms with Crippen molar-refractivity contribution in [2.45, 2.75) is 12.5 Å². The van der Waals surface area contributed by atoms with Crippen molar-refractivity contribution in [2.75, 3.05) is 19.7 Å². The lowest BCUT2D eigenvalue weighted by atomic mass is 10.0. The minimum absolute atomic E-state index is 0.0129. The number of halogens is 2. The van der Waals surface area contributed by atoms with Crippen LogP contribution in [-0.2, 0) is 16.0 Å². The Morgan fingerprint density at radius 1 is 1.35 bits per heavy atom. The second kappa shape index (κ2) is 5.33. The first-order valence-electron chi connectivity index (χ1n) is 5.45. The van der Waals surface area contributed by atoms with Crippen molar-refractivity contribution < 1.29 is 18.3 Å². The minimum atomic E-state index is -0.671. The Hall–Kier alpha value is -1.33. The molecule has 0 aromatic heterocycles. The molecule has 0 bridgehead atoms. The van der Waals surface area contributed by atoms with Crippen LogP contribution in [0.25, 0.3) is 0 Å². The van der Waals surface area contributed by atoms with Crippen LogP contribution in [0.2, 0.25) is 0 Å². The van der Waals surface area contributed by atoms with E-state index in [1.807, 2.05) is 0 Å². The fourth-order valence-electron chi connectivity index (χ4n) is 1.80. The SMILES string of the molecule is O=C(Cc1cc(F)cc(F)c1)C1CNCCO1. The third-order valence-electron chi connectivity index (χ3n) is 2.59. The highest BCUT2D eigenvalue weighted by atomic mass is 19.1. The summed E-state index contributed by atoms with van der Waals surface area (Å²) < 4.78 is 31.1. The van der Waals surface area contributed by atoms with Gasteiger partial charge in [-0.3, -0.25) is 4.79 Å². The van der Waals surface area contributed by atoms with Gasteiger partial charge in [0.2, 0.25) is 0 Å². The fraction of sp³-hybridized carbons (Fsp3) is 0.417. The Bertz CT molecular complexity index is 397. The first-order valence-corrected chi connectivity index (χ1v) is 5.45. The van der Waals surface area contributed by atoms with Crippen LogP contribution in [0.15, 0.2) is 18.2 Å². The van der Waals surface area contributed by atoms with Gasteiger partial charge in [0.1, 0.15) is 17.7 Å². The van der Waals surface area contributed by atoms with Crippen molar-refractivity contribution in [3.63, 3.8) is 0 Å². The Kier molecular flexibility index (Phi) is 3.81. The van der Waals surface area contributed by atoms with E-state index < -0.39 is 17.7 Å². The van der Waals surface area contributed by atoms with Gasteiger partial charge < -0.3 is 10.1 Å². The highest BCUT2D eigenvalue weighted by Crippen LogP contribution is 2.11. The van der Waals surface area contributed by atoms with Crippen molar-refractivity contribution in [1.82, 2.24) is 5.32 Å². The molecule has 0 aliphatic carbocycles. The molecule has 0 spiro atoms. The van der Waals surface area contributed by atoms with Gasteiger partial charge in [-0.05, 0) is 17.7 Å². The number of hydrogen-bond donors (Lipinski definition) is 1. The largest absolute Gasteiger partial charge is 0.368 e. The predicted molar refractivity (Wildman–Crippen MR) is 57.7 cm³/mol. The first kappa shape index (κ1) is 12.1. The zero-order valence-electron chi connectivity index (χ0n) is 9.21. The van der Waals surface area contributed by atoms with E-state index in [9.17, 15) is 13.6 Å². The predicted octanol–water partition coefficient (Wildman–Crippen LogP) is 1.06. The topological polar surface area (TPSA) is 38.3 Å². The average Bonchev–Trinajstić information content (AvgIpc) is 2.28. The van der Waals surface area contributed by atoms with Crippen molar-refractivity contribution in [3.8, 4) is 0 Å². The average molecular weight is 241 g/mol. The van der Waals surface area contributed by atoms with Crippen molar-refractivity contribution in [1.29, 1.82) is 0 Å². The fourth-order valence-corrected chi connectivity index (χ4v) is 1.80. The number of morpholine rings is 1. The summed E-state index contributed by atoms with van der Waals surface area (Å²) in [6, 6.07) is 3.11. The molecule has 5 heteroatoms. The third-order valence-corrected chi connectivity index (χ3v) is 2.59. The molecule has 2 rings (SSSR count). The van der Waals surface area contributed by atoms with Gasteiger partial charge in [0, 0.05) is 25.6 Å². The summed E-state index contributed by atoms with van der Waals surface area (Å²) in [7, 11) is 0. The second-order valence-corrected chi connectivity index (χ2v) is 3.98. The molecule has 0 amide bonds. The number of hydrogen-bond acceptors (Lipinski definition) is 3. The normalized spacial score (nSPS) is 20.2. The molecular weight excluding hydrogens is 228 g/mol. The molecule has 1 heterocycles. The van der Waals surface area contributed by atoms with Gasteiger partial charge in [0.25, 0.3) is 0 Å². The maximum atomic E-state index is 12.9. The summed E-state index contributed by atoms with van der Waals surface area (Å²) in [5.41, 5.74) is 0.335. The maximum absolute atomic E-state index is 12.9. The maximum Gasteiger partial charge on any atom is 0.167 e. The van der Waals surface area contributed by atoms with E-state index in [2.05, 4.69) is 5.32 Å². The van der Waals surface area contributed by atoms with E-state index in [0.717, 1.165) is 24.7 Å². The van der Waals surface area contributed by atoms with Gasteiger partial charge in [-0.1, -0.05) is 0 Å². The Labute approximate surface area is 97.8 Å². The molecule has 0 saturated carbocycles. The van der Waals surface area contributed by atoms with Crippen LogP contribution in [0.1, 0.15) is 5.56 Å². The molecule has 1 aromatic rings. The van der Waals surface area contributed by atoms with E-state index in [4.69, 9.17) is 4.74 Å². The molecule has 1 unspecified atom stereocenters. The molecular formula is C12H13F2NO2. The minimum Gasteiger partial charge on any atom is -0.368 e. The van der Waals surface area contributed by atoms with Crippen LogP contribution < -0.4 is 5.32 Å². The second-order valence-electron chi connectivity index (χ2n) is 3.98. The van der Waals surface area contributed by atoms with E-state index >= 15 is 0 Å². The van der Waals surface area contributed by atoms with Gasteiger partial charge in [-0.2, -0.15) is 0 Å². The standard InChI is InChI=1S/C12H13F2NO2/c13-9-3-8(4-10(14)6-9)5-11(16)12-7-15-1-2-17-12/h3-4,6,12,15H,1-2,5,7H2. The van der Waals surface area contributed by atoms with Crippen LogP contribution in [0, 0.1) is 11.6 Å². The lowest BCUT2D eigenvalue weighted by Gasteiger charge is -2.22. The number of nitrogens with one attached hydrogen (secondary N) is 1. The van der Waals surface area contributed by atoms with Crippen LogP contribution in [0.3, 0.4) is 0 Å². The monoisotopic (exact) mass is 241 g/mol. The number of Topliss-reactive ketones (excluding diaryl/α,β-unsaturated/α-hetero) is 1. The lowest BCUT2D eigenvalue weighted by molar-refractivity contribution is -0.131. The quantitative estimate of drug-likeness (QED) is 0.860. The first-order chi connectivity index (χ1) is 8.15. The van der Waals surface area contributed by atoms with Gasteiger partial charge in [0.05, 0.1) is 6.61 Å². The number of rotatable bonds is 3. The van der Waals surface area contributed by atoms with Gasteiger partial charge >= 0.3 is 0 Å². The molecule has 1 atom stereocenters. The van der Waals surface area contributed by atoms with E-state index in [1.54, 1.807) is 0 Å². The third kappa shape index (κ3) is 3.31. The van der Waals surface area contributed by atoms with Crippen LogP contribution >= 0.6 is 0 Å². The van der Waals surface area contributed by atoms with E-state index in [-0.39, 0.29) is 12.2 Å². The Balaban J connectivity index is 2.01. The molecule has 1 N–H and O–H groups in total. The van der Waals surface area contributed by atoms with Crippen LogP contribution in [0.5, 0.6) is 0 Å². The summed E-state index contributed by atoms with van der Waals surface area (Å²) in [5.74, 6) is -1.51. The molecule has 1 aliphatic heterocycles. The zero-order valence-corrected chi connectivity index (χ0v) is 9.21. The summed E-state index contributed by atoms with van der Waals surface area (Å²) in [4.78, 5) is 11.8. The van der Waals surface area contributed by atoms with E-state index in [1.165, 1.54) is 0 Å². The summed E-state index contributed by atoms with van der Waals surface area (Å²) >= 11 is 0. The van der Waals surface area contributed by atoms with E-state index in [0.29, 0.717) is 18.7 Å². The molecule has 1 aliphatic rings. The molecule has 0 radical (unpaired) electrons. The molecule has 92 valence electrons. The molecule has 1 fully saturated rings. The highest BCUT2D eigenvalue weighted by molar-refractivity contribution is 5.85. The van der Waals surface area contributed by atoms with Gasteiger partial charge in [0.15, 0.2) is 5.78 Å². The Morgan fingerprint density at radius 2 is 2.06 bits per heavy atom. The molecule has 17 heavy (non-hydrogen) atoms.